The van der Waals surface area contributed by atoms with Crippen LogP contribution >= 0.6 is 15.9 Å². The second-order valence-electron chi connectivity index (χ2n) is 3.35. The van der Waals surface area contributed by atoms with E-state index < -0.39 is 0 Å². The molecular formula is C11H12BrNO2. The first kappa shape index (κ1) is 10.5. The highest BCUT2D eigenvalue weighted by Crippen LogP contribution is 2.17. The van der Waals surface area contributed by atoms with Gasteiger partial charge in [0.25, 0.3) is 0 Å². The van der Waals surface area contributed by atoms with Gasteiger partial charge in [-0.05, 0) is 28.1 Å². The fraction of sp³-hybridized carbons (Fsp3) is 0.364. The number of hydrogen-bond acceptors (Lipinski definition) is 3. The van der Waals surface area contributed by atoms with E-state index in [2.05, 4.69) is 21.1 Å². The van der Waals surface area contributed by atoms with Gasteiger partial charge in [0.2, 0.25) is 0 Å². The molecule has 0 spiro atoms. The second-order valence-corrected chi connectivity index (χ2v) is 4.26. The molecular weight excluding hydrogens is 258 g/mol. The first-order valence-electron chi connectivity index (χ1n) is 4.90. The van der Waals surface area contributed by atoms with Crippen molar-refractivity contribution in [2.24, 2.45) is 5.16 Å². The van der Waals surface area contributed by atoms with Crippen molar-refractivity contribution >= 4 is 20.6 Å². The maximum atomic E-state index is 5.56. The van der Waals surface area contributed by atoms with Crippen LogP contribution in [0.15, 0.2) is 35.5 Å². The van der Waals surface area contributed by atoms with E-state index in [-0.39, 0.29) is 6.10 Å². The molecule has 1 heterocycles. The Balaban J connectivity index is 1.68. The first-order chi connectivity index (χ1) is 7.34. The molecule has 0 bridgehead atoms. The Morgan fingerprint density at radius 2 is 2.20 bits per heavy atom. The highest BCUT2D eigenvalue weighted by atomic mass is 79.9. The Bertz CT molecular complexity index is 340. The lowest BCUT2D eigenvalue weighted by Crippen LogP contribution is -2.11. The minimum atomic E-state index is 0.156. The van der Waals surface area contributed by atoms with Crippen LogP contribution in [0.5, 0.6) is 5.75 Å². The lowest BCUT2D eigenvalue weighted by atomic mass is 10.2. The fourth-order valence-corrected chi connectivity index (χ4v) is 1.82. The van der Waals surface area contributed by atoms with Crippen molar-refractivity contribution in [1.29, 1.82) is 0 Å². The third kappa shape index (κ3) is 3.23. The zero-order valence-electron chi connectivity index (χ0n) is 8.23. The van der Waals surface area contributed by atoms with Crippen LogP contribution in [-0.2, 0) is 4.84 Å². The number of halogens is 1. The van der Waals surface area contributed by atoms with Crippen LogP contribution in [0.25, 0.3) is 0 Å². The lowest BCUT2D eigenvalue weighted by Gasteiger charge is -2.09. The van der Waals surface area contributed by atoms with Gasteiger partial charge < -0.3 is 9.57 Å². The second kappa shape index (κ2) is 5.16. The lowest BCUT2D eigenvalue weighted by molar-refractivity contribution is 0.0675. The Kier molecular flexibility index (Phi) is 3.61. The number of nitrogens with zero attached hydrogens (tertiary/aromatic N) is 1. The number of rotatable bonds is 4. The average molecular weight is 270 g/mol. The summed E-state index contributed by atoms with van der Waals surface area (Å²) in [6, 6.07) is 9.78. The van der Waals surface area contributed by atoms with Gasteiger partial charge in [0.15, 0.2) is 0 Å². The smallest absolute Gasteiger partial charge is 0.137 e. The molecule has 0 unspecified atom stereocenters. The van der Waals surface area contributed by atoms with Crippen LogP contribution < -0.4 is 4.74 Å². The molecule has 15 heavy (non-hydrogen) atoms. The van der Waals surface area contributed by atoms with Crippen molar-refractivity contribution in [3.63, 3.8) is 0 Å². The molecule has 2 rings (SSSR count). The summed E-state index contributed by atoms with van der Waals surface area (Å²) < 4.78 is 6.44. The summed E-state index contributed by atoms with van der Waals surface area (Å²) in [6.07, 6.45) is 1.86. The van der Waals surface area contributed by atoms with Gasteiger partial charge in [-0.3, -0.25) is 0 Å². The van der Waals surface area contributed by atoms with E-state index in [1.54, 1.807) is 0 Å². The number of oxime groups is 1. The van der Waals surface area contributed by atoms with Crippen LogP contribution in [0.4, 0.5) is 0 Å². The van der Waals surface area contributed by atoms with E-state index in [9.17, 15) is 0 Å². The predicted molar refractivity (Wildman–Crippen MR) is 62.4 cm³/mol. The first-order valence-corrected chi connectivity index (χ1v) is 5.70. The van der Waals surface area contributed by atoms with Gasteiger partial charge in [-0.1, -0.05) is 23.4 Å². The Morgan fingerprint density at radius 3 is 2.87 bits per heavy atom. The minimum Gasteiger partial charge on any atom is -0.493 e. The topological polar surface area (TPSA) is 30.8 Å². The largest absolute Gasteiger partial charge is 0.493 e. The molecule has 1 atom stereocenters. The SMILES string of the molecule is BrC1=NO[C@@H](CCOc2ccccc2)C1. The summed E-state index contributed by atoms with van der Waals surface area (Å²) >= 11 is 3.30. The molecule has 4 heteroatoms. The van der Waals surface area contributed by atoms with E-state index in [1.807, 2.05) is 30.3 Å². The van der Waals surface area contributed by atoms with Crippen LogP contribution in [0.3, 0.4) is 0 Å². The van der Waals surface area contributed by atoms with E-state index in [0.29, 0.717) is 6.61 Å². The van der Waals surface area contributed by atoms with Crippen molar-refractivity contribution in [3.8, 4) is 5.75 Å². The normalized spacial score (nSPS) is 19.5. The predicted octanol–water partition coefficient (Wildman–Crippen LogP) is 2.95. The van der Waals surface area contributed by atoms with E-state index in [1.165, 1.54) is 0 Å². The van der Waals surface area contributed by atoms with Gasteiger partial charge in [-0.15, -0.1) is 0 Å². The van der Waals surface area contributed by atoms with Crippen molar-refractivity contribution in [3.05, 3.63) is 30.3 Å². The summed E-state index contributed by atoms with van der Waals surface area (Å²) in [4.78, 5) is 5.16. The van der Waals surface area contributed by atoms with Crippen molar-refractivity contribution in [1.82, 2.24) is 0 Å². The summed E-state index contributed by atoms with van der Waals surface area (Å²) in [6.45, 7) is 0.657. The average Bonchev–Trinajstić information content (AvgIpc) is 2.66. The fourth-order valence-electron chi connectivity index (χ4n) is 1.37. The Hall–Kier alpha value is -1.03. The van der Waals surface area contributed by atoms with E-state index >= 15 is 0 Å². The molecule has 1 aliphatic rings. The molecule has 0 radical (unpaired) electrons. The molecule has 0 saturated carbocycles. The molecule has 0 N–H and O–H groups in total. The van der Waals surface area contributed by atoms with Crippen LogP contribution in [0, 0.1) is 0 Å². The Labute approximate surface area is 97.2 Å². The molecule has 0 fully saturated rings. The molecule has 0 amide bonds. The number of hydrogen-bond donors (Lipinski definition) is 0. The zero-order chi connectivity index (χ0) is 10.5. The van der Waals surface area contributed by atoms with Crippen LogP contribution in [0.2, 0.25) is 0 Å². The third-order valence-corrected chi connectivity index (χ3v) is 2.62. The van der Waals surface area contributed by atoms with Crippen molar-refractivity contribution in [2.75, 3.05) is 6.61 Å². The van der Waals surface area contributed by atoms with Crippen molar-refractivity contribution < 1.29 is 9.57 Å². The van der Waals surface area contributed by atoms with E-state index in [4.69, 9.17) is 9.57 Å². The summed E-state index contributed by atoms with van der Waals surface area (Å²) in [5, 5.41) is 3.82. The molecule has 3 nitrogen and oxygen atoms in total. The quantitative estimate of drug-likeness (QED) is 0.842. The molecule has 0 aliphatic carbocycles. The van der Waals surface area contributed by atoms with Gasteiger partial charge in [0.1, 0.15) is 16.5 Å². The maximum absolute atomic E-state index is 5.56. The highest BCUT2D eigenvalue weighted by Gasteiger charge is 2.18. The molecule has 1 aromatic carbocycles. The van der Waals surface area contributed by atoms with E-state index in [0.717, 1.165) is 23.2 Å². The number of ether oxygens (including phenoxy) is 1. The van der Waals surface area contributed by atoms with Crippen LogP contribution in [0.1, 0.15) is 12.8 Å². The third-order valence-electron chi connectivity index (χ3n) is 2.15. The molecule has 0 saturated heterocycles. The van der Waals surface area contributed by atoms with Gasteiger partial charge in [-0.2, -0.15) is 0 Å². The summed E-state index contributed by atoms with van der Waals surface area (Å²) in [7, 11) is 0. The standard InChI is InChI=1S/C11H12BrNO2/c12-11-8-10(15-13-11)6-7-14-9-4-2-1-3-5-9/h1-5,10H,6-8H2/t10-/m0/s1. The van der Waals surface area contributed by atoms with Gasteiger partial charge >= 0.3 is 0 Å². The maximum Gasteiger partial charge on any atom is 0.137 e. The van der Waals surface area contributed by atoms with Crippen molar-refractivity contribution in [2.45, 2.75) is 18.9 Å². The zero-order valence-corrected chi connectivity index (χ0v) is 9.81. The van der Waals surface area contributed by atoms with Gasteiger partial charge in [0, 0.05) is 12.8 Å². The number of para-hydroxylation sites is 1. The van der Waals surface area contributed by atoms with Crippen LogP contribution in [-0.4, -0.2) is 17.3 Å². The molecule has 80 valence electrons. The number of benzene rings is 1. The van der Waals surface area contributed by atoms with Gasteiger partial charge in [-0.25, -0.2) is 0 Å². The van der Waals surface area contributed by atoms with Gasteiger partial charge in [0.05, 0.1) is 6.61 Å². The Morgan fingerprint density at radius 1 is 1.40 bits per heavy atom. The monoisotopic (exact) mass is 269 g/mol. The minimum absolute atomic E-state index is 0.156. The summed E-state index contributed by atoms with van der Waals surface area (Å²) in [5.41, 5.74) is 0. The molecule has 1 aromatic rings. The highest BCUT2D eigenvalue weighted by molar-refractivity contribution is 9.18. The molecule has 1 aliphatic heterocycles. The molecule has 0 aromatic heterocycles. The summed E-state index contributed by atoms with van der Waals surface area (Å²) in [5.74, 6) is 0.899.